The highest BCUT2D eigenvalue weighted by molar-refractivity contribution is 5.93. The van der Waals surface area contributed by atoms with Crippen LogP contribution in [0.2, 0.25) is 0 Å². The zero-order valence-corrected chi connectivity index (χ0v) is 11.5. The molecule has 4 atom stereocenters. The molecule has 4 nitrogen and oxygen atoms in total. The molecule has 1 aromatic rings. The quantitative estimate of drug-likeness (QED) is 0.873. The number of pyridine rings is 1. The number of amides is 1. The normalized spacial score (nSPS) is 32.2. The van der Waals surface area contributed by atoms with Crippen molar-refractivity contribution in [1.82, 2.24) is 4.98 Å². The molecular formula is C15H21N3O. The van der Waals surface area contributed by atoms with Crippen LogP contribution in [0.15, 0.2) is 18.3 Å². The second kappa shape index (κ2) is 4.60. The Balaban J connectivity index is 1.63. The molecule has 0 saturated heterocycles. The molecule has 0 spiro atoms. The molecule has 0 aliphatic heterocycles. The van der Waals surface area contributed by atoms with Gasteiger partial charge < -0.3 is 11.1 Å². The van der Waals surface area contributed by atoms with Crippen molar-refractivity contribution in [2.24, 2.45) is 23.5 Å². The fourth-order valence-corrected chi connectivity index (χ4v) is 3.19. The van der Waals surface area contributed by atoms with E-state index in [4.69, 9.17) is 5.73 Å². The topological polar surface area (TPSA) is 68.0 Å². The van der Waals surface area contributed by atoms with Crippen molar-refractivity contribution in [3.05, 3.63) is 24.0 Å². The predicted octanol–water partition coefficient (Wildman–Crippen LogP) is 2.13. The van der Waals surface area contributed by atoms with Crippen LogP contribution in [-0.2, 0) is 4.79 Å². The molecule has 2 aliphatic carbocycles. The summed E-state index contributed by atoms with van der Waals surface area (Å²) in [7, 11) is 0. The van der Waals surface area contributed by atoms with Crippen LogP contribution < -0.4 is 11.1 Å². The number of hydrogen-bond donors (Lipinski definition) is 2. The Morgan fingerprint density at radius 3 is 2.63 bits per heavy atom. The van der Waals surface area contributed by atoms with Gasteiger partial charge in [0.1, 0.15) is 0 Å². The van der Waals surface area contributed by atoms with Gasteiger partial charge in [-0.1, -0.05) is 13.8 Å². The summed E-state index contributed by atoms with van der Waals surface area (Å²) in [5.41, 5.74) is 7.83. The fourth-order valence-electron chi connectivity index (χ4n) is 3.19. The van der Waals surface area contributed by atoms with Gasteiger partial charge in [-0.3, -0.25) is 9.78 Å². The van der Waals surface area contributed by atoms with Crippen molar-refractivity contribution in [3.63, 3.8) is 0 Å². The minimum absolute atomic E-state index is 0.102. The van der Waals surface area contributed by atoms with E-state index >= 15 is 0 Å². The Labute approximate surface area is 113 Å². The lowest BCUT2D eigenvalue weighted by molar-refractivity contribution is -0.120. The molecule has 0 aromatic carbocycles. The van der Waals surface area contributed by atoms with Crippen LogP contribution in [0.3, 0.4) is 0 Å². The van der Waals surface area contributed by atoms with Crippen LogP contribution in [-0.4, -0.2) is 16.9 Å². The van der Waals surface area contributed by atoms with Gasteiger partial charge in [0.2, 0.25) is 5.91 Å². The smallest absolute Gasteiger partial charge is 0.227 e. The van der Waals surface area contributed by atoms with Crippen LogP contribution in [0.1, 0.15) is 38.3 Å². The first-order chi connectivity index (χ1) is 9.06. The number of nitrogens with zero attached hydrogens (tertiary/aromatic N) is 1. The second-order valence-corrected chi connectivity index (χ2v) is 6.19. The molecule has 3 rings (SSSR count). The summed E-state index contributed by atoms with van der Waals surface area (Å²) in [6.45, 7) is 4.21. The largest absolute Gasteiger partial charge is 0.327 e. The molecule has 1 amide bonds. The lowest BCUT2D eigenvalue weighted by atomic mass is 10.0. The van der Waals surface area contributed by atoms with Crippen molar-refractivity contribution < 1.29 is 4.79 Å². The maximum Gasteiger partial charge on any atom is 0.227 e. The van der Waals surface area contributed by atoms with Gasteiger partial charge in [-0.25, -0.2) is 0 Å². The lowest BCUT2D eigenvalue weighted by Crippen LogP contribution is -2.27. The first kappa shape index (κ1) is 12.6. The van der Waals surface area contributed by atoms with Crippen molar-refractivity contribution >= 4 is 11.6 Å². The standard InChI is InChI=1S/C15H21N3O/c1-8(2)14-4-3-9(7-17-14)18-15(19)12-6-13(16)11-5-10(11)12/h3-4,7-8,10-13H,5-6,16H2,1-2H3,(H,18,19)/t10-,11+,12-,13+/m1/s1. The molecule has 3 N–H and O–H groups in total. The summed E-state index contributed by atoms with van der Waals surface area (Å²) in [6, 6.07) is 4.13. The van der Waals surface area contributed by atoms with E-state index in [-0.39, 0.29) is 17.9 Å². The molecule has 0 bridgehead atoms. The fraction of sp³-hybridized carbons (Fsp3) is 0.600. The Morgan fingerprint density at radius 1 is 1.37 bits per heavy atom. The number of rotatable bonds is 3. The highest BCUT2D eigenvalue weighted by Crippen LogP contribution is 2.54. The van der Waals surface area contributed by atoms with E-state index in [2.05, 4.69) is 24.1 Å². The maximum absolute atomic E-state index is 12.2. The van der Waals surface area contributed by atoms with E-state index in [9.17, 15) is 4.79 Å². The van der Waals surface area contributed by atoms with Crippen molar-refractivity contribution in [1.29, 1.82) is 0 Å². The van der Waals surface area contributed by atoms with Crippen molar-refractivity contribution in [3.8, 4) is 0 Å². The number of carbonyl (C=O) groups is 1. The molecule has 1 aromatic heterocycles. The van der Waals surface area contributed by atoms with E-state index in [0.29, 0.717) is 17.8 Å². The van der Waals surface area contributed by atoms with Gasteiger partial charge in [0, 0.05) is 17.7 Å². The molecule has 2 aliphatic rings. The lowest BCUT2D eigenvalue weighted by Gasteiger charge is -2.14. The summed E-state index contributed by atoms with van der Waals surface area (Å²) in [4.78, 5) is 16.6. The van der Waals surface area contributed by atoms with E-state index in [1.54, 1.807) is 6.20 Å². The minimum Gasteiger partial charge on any atom is -0.327 e. The van der Waals surface area contributed by atoms with Gasteiger partial charge in [0.15, 0.2) is 0 Å². The van der Waals surface area contributed by atoms with Crippen LogP contribution >= 0.6 is 0 Å². The molecular weight excluding hydrogens is 238 g/mol. The molecule has 0 unspecified atom stereocenters. The number of aromatic nitrogens is 1. The molecule has 0 radical (unpaired) electrons. The third kappa shape index (κ3) is 2.37. The first-order valence-electron chi connectivity index (χ1n) is 7.08. The third-order valence-electron chi connectivity index (χ3n) is 4.47. The highest BCUT2D eigenvalue weighted by Gasteiger charge is 2.55. The number of fused-ring (bicyclic) bond motifs is 1. The summed E-state index contributed by atoms with van der Waals surface area (Å²) in [5, 5.41) is 2.97. The van der Waals surface area contributed by atoms with Gasteiger partial charge >= 0.3 is 0 Å². The molecule has 2 saturated carbocycles. The van der Waals surface area contributed by atoms with E-state index < -0.39 is 0 Å². The van der Waals surface area contributed by atoms with Crippen LogP contribution in [0.25, 0.3) is 0 Å². The summed E-state index contributed by atoms with van der Waals surface area (Å²) in [5.74, 6) is 1.74. The zero-order chi connectivity index (χ0) is 13.6. The van der Waals surface area contributed by atoms with Crippen LogP contribution in [0, 0.1) is 17.8 Å². The van der Waals surface area contributed by atoms with Gasteiger partial charge in [-0.2, -0.15) is 0 Å². The predicted molar refractivity (Wildman–Crippen MR) is 74.6 cm³/mol. The number of nitrogens with one attached hydrogen (secondary N) is 1. The highest BCUT2D eigenvalue weighted by atomic mass is 16.1. The monoisotopic (exact) mass is 259 g/mol. The van der Waals surface area contributed by atoms with E-state index in [1.807, 2.05) is 12.1 Å². The average Bonchev–Trinajstić information content (AvgIpc) is 3.10. The Bertz CT molecular complexity index is 483. The number of nitrogens with two attached hydrogens (primary N) is 1. The Hall–Kier alpha value is -1.42. The Kier molecular flexibility index (Phi) is 3.05. The molecule has 4 heteroatoms. The molecule has 2 fully saturated rings. The van der Waals surface area contributed by atoms with Gasteiger partial charge in [-0.15, -0.1) is 0 Å². The SMILES string of the molecule is CC(C)c1ccc(NC(=O)[C@@H]2C[C@H](N)[C@H]3C[C@H]32)cn1. The van der Waals surface area contributed by atoms with Crippen LogP contribution in [0.5, 0.6) is 0 Å². The second-order valence-electron chi connectivity index (χ2n) is 6.19. The third-order valence-corrected chi connectivity index (χ3v) is 4.47. The first-order valence-corrected chi connectivity index (χ1v) is 7.08. The average molecular weight is 259 g/mol. The summed E-state index contributed by atoms with van der Waals surface area (Å²) >= 11 is 0. The van der Waals surface area contributed by atoms with Gasteiger partial charge in [0.25, 0.3) is 0 Å². The van der Waals surface area contributed by atoms with Gasteiger partial charge in [0.05, 0.1) is 11.9 Å². The molecule has 102 valence electrons. The van der Waals surface area contributed by atoms with Crippen LogP contribution in [0.4, 0.5) is 5.69 Å². The number of anilines is 1. The number of hydrogen-bond acceptors (Lipinski definition) is 3. The van der Waals surface area contributed by atoms with E-state index in [1.165, 1.54) is 0 Å². The maximum atomic E-state index is 12.2. The Morgan fingerprint density at radius 2 is 2.16 bits per heavy atom. The summed E-state index contributed by atoms with van der Waals surface area (Å²) in [6.07, 6.45) is 3.70. The minimum atomic E-state index is 0.102. The molecule has 1 heterocycles. The van der Waals surface area contributed by atoms with Gasteiger partial charge in [-0.05, 0) is 42.7 Å². The van der Waals surface area contributed by atoms with E-state index in [0.717, 1.165) is 24.2 Å². The summed E-state index contributed by atoms with van der Waals surface area (Å²) < 4.78 is 0. The zero-order valence-electron chi connectivity index (χ0n) is 11.5. The van der Waals surface area contributed by atoms with Crippen molar-refractivity contribution in [2.75, 3.05) is 5.32 Å². The number of carbonyl (C=O) groups excluding carboxylic acids is 1. The molecule has 19 heavy (non-hydrogen) atoms. The van der Waals surface area contributed by atoms with Crippen molar-refractivity contribution in [2.45, 2.75) is 38.6 Å².